The van der Waals surface area contributed by atoms with Gasteiger partial charge in [-0.1, -0.05) is 293 Å². The summed E-state index contributed by atoms with van der Waals surface area (Å²) in [5, 5.41) is 54.3. The Morgan fingerprint density at radius 1 is 0.452 bits per heavy atom. The van der Waals surface area contributed by atoms with Crippen LogP contribution in [0.1, 0.15) is 328 Å². The van der Waals surface area contributed by atoms with E-state index in [2.05, 4.69) is 67.8 Å². The van der Waals surface area contributed by atoms with Crippen molar-refractivity contribution >= 4 is 11.9 Å². The van der Waals surface area contributed by atoms with Gasteiger partial charge >= 0.3 is 5.97 Å². The van der Waals surface area contributed by atoms with Gasteiger partial charge in [0.2, 0.25) is 5.91 Å². The van der Waals surface area contributed by atoms with Gasteiger partial charge in [0.1, 0.15) is 24.4 Å². The van der Waals surface area contributed by atoms with Gasteiger partial charge in [-0.05, 0) is 83.5 Å². The first-order chi connectivity index (χ1) is 41.2. The predicted molar refractivity (Wildman–Crippen MR) is 352 cm³/mol. The lowest BCUT2D eigenvalue weighted by atomic mass is 9.99. The predicted octanol–water partition coefficient (Wildman–Crippen LogP) is 18.1. The van der Waals surface area contributed by atoms with Crippen molar-refractivity contribution in [3.63, 3.8) is 0 Å². The average molecular weight is 1180 g/mol. The summed E-state index contributed by atoms with van der Waals surface area (Å²) in [6.07, 6.45) is 72.4. The fraction of sp³-hybridized carbons (Fsp3) is 0.836. The van der Waals surface area contributed by atoms with Crippen LogP contribution in [-0.4, -0.2) is 100 Å². The highest BCUT2D eigenvalue weighted by Gasteiger charge is 2.44. The molecule has 0 aromatic rings. The van der Waals surface area contributed by atoms with Crippen molar-refractivity contribution in [2.45, 2.75) is 371 Å². The molecule has 1 amide bonds. The number of rotatable bonds is 62. The van der Waals surface area contributed by atoms with Gasteiger partial charge < -0.3 is 45.1 Å². The van der Waals surface area contributed by atoms with Crippen LogP contribution < -0.4 is 5.32 Å². The Morgan fingerprint density at radius 3 is 1.30 bits per heavy atom. The molecule has 1 rings (SSSR count). The minimum absolute atomic E-state index is 0.00515. The van der Waals surface area contributed by atoms with E-state index in [1.165, 1.54) is 218 Å². The molecule has 0 bridgehead atoms. The number of nitrogens with one attached hydrogen (secondary N) is 1. The Balaban J connectivity index is 1.94. The molecule has 0 aromatic heterocycles. The molecule has 490 valence electrons. The molecule has 84 heavy (non-hydrogen) atoms. The lowest BCUT2D eigenvalue weighted by Crippen LogP contribution is -2.60. The molecule has 11 nitrogen and oxygen atoms in total. The third kappa shape index (κ3) is 50.4. The summed E-state index contributed by atoms with van der Waals surface area (Å²) < 4.78 is 16.7. The van der Waals surface area contributed by atoms with Crippen LogP contribution in [0.15, 0.2) is 60.8 Å². The number of unbranched alkanes of at least 4 members (excludes halogenated alkanes) is 40. The third-order valence-corrected chi connectivity index (χ3v) is 16.6. The van der Waals surface area contributed by atoms with Gasteiger partial charge in [0, 0.05) is 12.8 Å². The normalized spacial score (nSPS) is 18.4. The lowest BCUT2D eigenvalue weighted by molar-refractivity contribution is -0.302. The molecule has 1 heterocycles. The molecule has 1 aliphatic rings. The van der Waals surface area contributed by atoms with E-state index in [1.54, 1.807) is 6.08 Å². The molecule has 0 spiro atoms. The van der Waals surface area contributed by atoms with Gasteiger partial charge in [-0.25, -0.2) is 0 Å². The number of allylic oxidation sites excluding steroid dienone is 9. The first-order valence-electron chi connectivity index (χ1n) is 35.6. The molecule has 7 unspecified atom stereocenters. The van der Waals surface area contributed by atoms with Gasteiger partial charge in [0.25, 0.3) is 0 Å². The van der Waals surface area contributed by atoms with Crippen molar-refractivity contribution in [3.05, 3.63) is 60.8 Å². The van der Waals surface area contributed by atoms with E-state index in [-0.39, 0.29) is 18.5 Å². The van der Waals surface area contributed by atoms with Crippen molar-refractivity contribution in [2.75, 3.05) is 19.8 Å². The number of ether oxygens (including phenoxy) is 3. The Bertz CT molecular complexity index is 1580. The van der Waals surface area contributed by atoms with Gasteiger partial charge in [0.05, 0.1) is 32.0 Å². The largest absolute Gasteiger partial charge is 0.466 e. The van der Waals surface area contributed by atoms with Crippen LogP contribution in [0.5, 0.6) is 0 Å². The maximum atomic E-state index is 13.0. The van der Waals surface area contributed by atoms with Crippen molar-refractivity contribution in [1.29, 1.82) is 0 Å². The molecule has 0 saturated carbocycles. The van der Waals surface area contributed by atoms with E-state index in [1.807, 2.05) is 6.08 Å². The molecule has 0 aliphatic carbocycles. The molecule has 0 aromatic carbocycles. The second-order valence-electron chi connectivity index (χ2n) is 24.5. The number of hydrogen-bond acceptors (Lipinski definition) is 10. The van der Waals surface area contributed by atoms with E-state index in [0.717, 1.165) is 83.5 Å². The number of aliphatic hydroxyl groups excluding tert-OH is 5. The van der Waals surface area contributed by atoms with Gasteiger partial charge in [-0.2, -0.15) is 0 Å². The molecule has 1 saturated heterocycles. The zero-order valence-corrected chi connectivity index (χ0v) is 54.4. The molecule has 11 heteroatoms. The number of amides is 1. The highest BCUT2D eigenvalue weighted by Crippen LogP contribution is 2.23. The van der Waals surface area contributed by atoms with Gasteiger partial charge in [-0.3, -0.25) is 9.59 Å². The van der Waals surface area contributed by atoms with E-state index in [9.17, 15) is 35.1 Å². The highest BCUT2D eigenvalue weighted by atomic mass is 16.7. The zero-order valence-electron chi connectivity index (χ0n) is 54.4. The minimum Gasteiger partial charge on any atom is -0.466 e. The highest BCUT2D eigenvalue weighted by molar-refractivity contribution is 5.76. The first kappa shape index (κ1) is 79.4. The summed E-state index contributed by atoms with van der Waals surface area (Å²) in [7, 11) is 0. The standard InChI is InChI=1S/C73H133NO10/c1-3-5-7-9-11-13-15-16-17-18-28-32-35-38-41-45-49-53-57-61-69(78)82-62-58-54-50-46-42-39-36-33-30-27-25-23-21-19-20-22-24-26-29-31-34-37-40-44-48-52-56-60-68(77)74-65(64-83-73-72(81)71(80)70(79)67(63-75)84-73)66(76)59-55-51-47-43-14-12-10-8-6-4-2/h6,8,14,19-20,23,25,43,55,59,65-67,70-73,75-76,79-81H,3-5,7,9-13,15-18,21-22,24,26-42,44-54,56-58,60-64H2,1-2H3,(H,74,77)/b8-6+,20-19-,25-23-,43-14+,59-55+. The monoisotopic (exact) mass is 1180 g/mol. The van der Waals surface area contributed by atoms with Crippen molar-refractivity contribution < 1.29 is 49.3 Å². The molecule has 6 N–H and O–H groups in total. The Hall–Kier alpha value is -2.64. The summed E-state index contributed by atoms with van der Waals surface area (Å²) in [6.45, 7) is 4.22. The smallest absolute Gasteiger partial charge is 0.305 e. The topological polar surface area (TPSA) is 175 Å². The maximum absolute atomic E-state index is 13.0. The Kier molecular flexibility index (Phi) is 58.6. The van der Waals surface area contributed by atoms with Gasteiger partial charge in [0.15, 0.2) is 6.29 Å². The molecular formula is C73H133NO10. The minimum atomic E-state index is -1.58. The fourth-order valence-corrected chi connectivity index (χ4v) is 11.0. The number of hydrogen-bond donors (Lipinski definition) is 6. The number of esters is 1. The SMILES string of the molecule is CC/C=C/CC/C=C/CC/C=C/C(O)C(COC1OC(CO)C(O)C(O)C1O)NC(=O)CCCCCCCCCCCCC/C=C\C/C=C\CCCCCCCCCCCOC(=O)CCCCCCCCCCCCCCCCCCCCC. The van der Waals surface area contributed by atoms with E-state index in [4.69, 9.17) is 14.2 Å². The quantitative estimate of drug-likeness (QED) is 0.0195. The number of carbonyl (C=O) groups excluding carboxylic acids is 2. The lowest BCUT2D eigenvalue weighted by Gasteiger charge is -2.40. The second kappa shape index (κ2) is 62.0. The average Bonchev–Trinajstić information content (AvgIpc) is 3.54. The second-order valence-corrected chi connectivity index (χ2v) is 24.5. The van der Waals surface area contributed by atoms with Crippen molar-refractivity contribution in [1.82, 2.24) is 5.32 Å². The summed E-state index contributed by atoms with van der Waals surface area (Å²) in [5.74, 6) is -0.197. The van der Waals surface area contributed by atoms with E-state index >= 15 is 0 Å². The molecule has 7 atom stereocenters. The summed E-state index contributed by atoms with van der Waals surface area (Å²) in [6, 6.07) is -0.837. The summed E-state index contributed by atoms with van der Waals surface area (Å²) >= 11 is 0. The van der Waals surface area contributed by atoms with Crippen LogP contribution in [0.2, 0.25) is 0 Å². The third-order valence-electron chi connectivity index (χ3n) is 16.6. The van der Waals surface area contributed by atoms with Crippen molar-refractivity contribution in [3.8, 4) is 0 Å². The fourth-order valence-electron chi connectivity index (χ4n) is 11.0. The number of aliphatic hydroxyl groups is 5. The molecule has 1 fully saturated rings. The number of carbonyl (C=O) groups is 2. The van der Waals surface area contributed by atoms with E-state index < -0.39 is 49.5 Å². The van der Waals surface area contributed by atoms with Crippen LogP contribution in [-0.2, 0) is 23.8 Å². The van der Waals surface area contributed by atoms with Crippen LogP contribution in [0.3, 0.4) is 0 Å². The van der Waals surface area contributed by atoms with Crippen LogP contribution in [0.25, 0.3) is 0 Å². The van der Waals surface area contributed by atoms with Gasteiger partial charge in [-0.15, -0.1) is 0 Å². The van der Waals surface area contributed by atoms with Crippen LogP contribution in [0, 0.1) is 0 Å². The molecule has 1 aliphatic heterocycles. The van der Waals surface area contributed by atoms with E-state index in [0.29, 0.717) is 19.4 Å². The Labute approximate surface area is 516 Å². The maximum Gasteiger partial charge on any atom is 0.305 e. The molecule has 0 radical (unpaired) electrons. The first-order valence-corrected chi connectivity index (χ1v) is 35.6. The van der Waals surface area contributed by atoms with Crippen LogP contribution in [0.4, 0.5) is 0 Å². The molecular weight excluding hydrogens is 1050 g/mol. The summed E-state index contributed by atoms with van der Waals surface area (Å²) in [5.41, 5.74) is 0. The van der Waals surface area contributed by atoms with Crippen molar-refractivity contribution in [2.24, 2.45) is 0 Å². The Morgan fingerprint density at radius 2 is 0.845 bits per heavy atom. The zero-order chi connectivity index (χ0) is 60.9. The summed E-state index contributed by atoms with van der Waals surface area (Å²) in [4.78, 5) is 25.1. The van der Waals surface area contributed by atoms with Crippen LogP contribution >= 0.6 is 0 Å².